The molecular weight excluding hydrogens is 382 g/mol. The van der Waals surface area contributed by atoms with E-state index in [2.05, 4.69) is 36.7 Å². The minimum absolute atomic E-state index is 0.0346. The quantitative estimate of drug-likeness (QED) is 0.689. The number of hydrogen-bond donors (Lipinski definition) is 1. The zero-order valence-electron chi connectivity index (χ0n) is 13.8. The molecule has 3 aromatic rings. The maximum Gasteiger partial charge on any atom is 0.244 e. The summed E-state index contributed by atoms with van der Waals surface area (Å²) in [4.78, 5) is 13.6. The van der Waals surface area contributed by atoms with Gasteiger partial charge < -0.3 is 5.32 Å². The number of halogens is 1. The highest BCUT2D eigenvalue weighted by Gasteiger charge is 2.14. The molecule has 0 fully saturated rings. The number of carbonyl (C=O) groups excluding carboxylic acids is 1. The Kier molecular flexibility index (Phi) is 5.55. The molecular formula is C18H18BrN5O. The molecule has 1 amide bonds. The molecule has 0 saturated heterocycles. The Morgan fingerprint density at radius 1 is 1.16 bits per heavy atom. The van der Waals surface area contributed by atoms with Crippen LogP contribution in [0.3, 0.4) is 0 Å². The number of rotatable bonds is 6. The zero-order chi connectivity index (χ0) is 17.6. The van der Waals surface area contributed by atoms with Crippen molar-refractivity contribution in [3.63, 3.8) is 0 Å². The largest absolute Gasteiger partial charge is 0.348 e. The molecule has 6 nitrogen and oxygen atoms in total. The average molecular weight is 400 g/mol. The lowest BCUT2D eigenvalue weighted by Gasteiger charge is -2.17. The number of aromatic nitrogens is 4. The summed E-state index contributed by atoms with van der Waals surface area (Å²) in [7, 11) is 0. The topological polar surface area (TPSA) is 72.7 Å². The van der Waals surface area contributed by atoms with Gasteiger partial charge in [-0.15, -0.1) is 10.2 Å². The summed E-state index contributed by atoms with van der Waals surface area (Å²) >= 11 is 3.42. The number of carbonyl (C=O) groups is 1. The van der Waals surface area contributed by atoms with E-state index in [-0.39, 0.29) is 18.5 Å². The molecule has 0 aliphatic carbocycles. The van der Waals surface area contributed by atoms with Gasteiger partial charge in [-0.3, -0.25) is 4.79 Å². The van der Waals surface area contributed by atoms with E-state index in [1.54, 1.807) is 0 Å². The van der Waals surface area contributed by atoms with Crippen molar-refractivity contribution in [1.29, 1.82) is 0 Å². The molecule has 1 aromatic heterocycles. The summed E-state index contributed by atoms with van der Waals surface area (Å²) in [5.74, 6) is 0.361. The third-order valence-electron chi connectivity index (χ3n) is 3.79. The molecule has 0 aliphatic rings. The Labute approximate surface area is 154 Å². The predicted octanol–water partition coefficient (Wildman–Crippen LogP) is 3.37. The molecule has 0 spiro atoms. The normalized spacial score (nSPS) is 11.9. The Balaban J connectivity index is 1.64. The minimum atomic E-state index is -0.146. The van der Waals surface area contributed by atoms with Crippen LogP contribution in [0.2, 0.25) is 0 Å². The van der Waals surface area contributed by atoms with Gasteiger partial charge in [0.15, 0.2) is 0 Å². The van der Waals surface area contributed by atoms with Crippen LogP contribution >= 0.6 is 15.9 Å². The monoisotopic (exact) mass is 399 g/mol. The molecule has 0 bridgehead atoms. The number of hydrogen-bond acceptors (Lipinski definition) is 4. The SMILES string of the molecule is CC[C@@H](NC(=O)Cn1nnc(-c2ccccc2)n1)c1ccc(Br)cc1. The molecule has 7 heteroatoms. The van der Waals surface area contributed by atoms with Crippen LogP contribution < -0.4 is 5.32 Å². The van der Waals surface area contributed by atoms with Crippen molar-refractivity contribution in [2.75, 3.05) is 0 Å². The van der Waals surface area contributed by atoms with Gasteiger partial charge in [-0.25, -0.2) is 0 Å². The second kappa shape index (κ2) is 8.02. The van der Waals surface area contributed by atoms with E-state index in [1.165, 1.54) is 4.80 Å². The van der Waals surface area contributed by atoms with Crippen LogP contribution in [0.25, 0.3) is 11.4 Å². The van der Waals surface area contributed by atoms with Gasteiger partial charge in [-0.05, 0) is 29.3 Å². The molecule has 2 aromatic carbocycles. The summed E-state index contributed by atoms with van der Waals surface area (Å²) in [5.41, 5.74) is 1.94. The third kappa shape index (κ3) is 4.51. The van der Waals surface area contributed by atoms with Crippen LogP contribution in [0.1, 0.15) is 24.9 Å². The van der Waals surface area contributed by atoms with E-state index in [9.17, 15) is 4.79 Å². The van der Waals surface area contributed by atoms with Crippen molar-refractivity contribution in [3.8, 4) is 11.4 Å². The van der Waals surface area contributed by atoms with Crippen LogP contribution in [0, 0.1) is 0 Å². The maximum atomic E-state index is 12.3. The van der Waals surface area contributed by atoms with Crippen LogP contribution in [0.5, 0.6) is 0 Å². The summed E-state index contributed by atoms with van der Waals surface area (Å²) < 4.78 is 1.01. The van der Waals surface area contributed by atoms with Crippen molar-refractivity contribution < 1.29 is 4.79 Å². The molecule has 3 rings (SSSR count). The molecule has 0 radical (unpaired) electrons. The number of nitrogens with one attached hydrogen (secondary N) is 1. The molecule has 25 heavy (non-hydrogen) atoms. The van der Waals surface area contributed by atoms with E-state index in [4.69, 9.17) is 0 Å². The average Bonchev–Trinajstić information content (AvgIpc) is 3.10. The van der Waals surface area contributed by atoms with Crippen molar-refractivity contribution in [1.82, 2.24) is 25.5 Å². The molecule has 128 valence electrons. The third-order valence-corrected chi connectivity index (χ3v) is 4.31. The second-order valence-corrected chi connectivity index (χ2v) is 6.51. The van der Waals surface area contributed by atoms with E-state index in [1.807, 2.05) is 61.5 Å². The van der Waals surface area contributed by atoms with Crippen molar-refractivity contribution in [3.05, 3.63) is 64.6 Å². The first-order chi connectivity index (χ1) is 12.2. The van der Waals surface area contributed by atoms with E-state index in [0.717, 1.165) is 22.0 Å². The fourth-order valence-corrected chi connectivity index (χ4v) is 2.76. The Morgan fingerprint density at radius 3 is 2.56 bits per heavy atom. The van der Waals surface area contributed by atoms with Gasteiger partial charge in [-0.2, -0.15) is 4.80 Å². The van der Waals surface area contributed by atoms with Crippen LogP contribution in [-0.4, -0.2) is 26.1 Å². The first-order valence-corrected chi connectivity index (χ1v) is 8.83. The number of nitrogens with zero attached hydrogens (tertiary/aromatic N) is 4. The summed E-state index contributed by atoms with van der Waals surface area (Å²) in [6.07, 6.45) is 0.799. The lowest BCUT2D eigenvalue weighted by atomic mass is 10.0. The van der Waals surface area contributed by atoms with Crippen molar-refractivity contribution in [2.45, 2.75) is 25.9 Å². The Morgan fingerprint density at radius 2 is 1.88 bits per heavy atom. The smallest absolute Gasteiger partial charge is 0.244 e. The van der Waals surface area contributed by atoms with Gasteiger partial charge in [0.1, 0.15) is 6.54 Å². The second-order valence-electron chi connectivity index (χ2n) is 5.59. The molecule has 1 atom stereocenters. The van der Waals surface area contributed by atoms with E-state index in [0.29, 0.717) is 5.82 Å². The van der Waals surface area contributed by atoms with Crippen LogP contribution in [-0.2, 0) is 11.3 Å². The first kappa shape index (κ1) is 17.3. The molecule has 1 N–H and O–H groups in total. The minimum Gasteiger partial charge on any atom is -0.348 e. The summed E-state index contributed by atoms with van der Waals surface area (Å²) in [6, 6.07) is 17.4. The Bertz CT molecular complexity index is 832. The van der Waals surface area contributed by atoms with E-state index < -0.39 is 0 Å². The number of tetrazole rings is 1. The van der Waals surface area contributed by atoms with Gasteiger partial charge in [0, 0.05) is 10.0 Å². The van der Waals surface area contributed by atoms with E-state index >= 15 is 0 Å². The predicted molar refractivity (Wildman–Crippen MR) is 98.6 cm³/mol. The Hall–Kier alpha value is -2.54. The fraction of sp³-hybridized carbons (Fsp3) is 0.222. The highest BCUT2D eigenvalue weighted by Crippen LogP contribution is 2.19. The van der Waals surface area contributed by atoms with Crippen LogP contribution in [0.15, 0.2) is 59.1 Å². The highest BCUT2D eigenvalue weighted by molar-refractivity contribution is 9.10. The van der Waals surface area contributed by atoms with Gasteiger partial charge in [-0.1, -0.05) is 65.3 Å². The lowest BCUT2D eigenvalue weighted by molar-refractivity contribution is -0.122. The number of benzene rings is 2. The van der Waals surface area contributed by atoms with Gasteiger partial charge in [0.05, 0.1) is 6.04 Å². The first-order valence-electron chi connectivity index (χ1n) is 8.03. The molecule has 1 heterocycles. The highest BCUT2D eigenvalue weighted by atomic mass is 79.9. The van der Waals surface area contributed by atoms with Crippen LogP contribution in [0.4, 0.5) is 0 Å². The van der Waals surface area contributed by atoms with Crippen molar-refractivity contribution >= 4 is 21.8 Å². The maximum absolute atomic E-state index is 12.3. The van der Waals surface area contributed by atoms with Gasteiger partial charge >= 0.3 is 0 Å². The number of amides is 1. The van der Waals surface area contributed by atoms with Gasteiger partial charge in [0.25, 0.3) is 0 Å². The summed E-state index contributed by atoms with van der Waals surface area (Å²) in [5, 5.41) is 15.2. The molecule has 0 aliphatic heterocycles. The zero-order valence-corrected chi connectivity index (χ0v) is 15.3. The summed E-state index contributed by atoms with van der Waals surface area (Å²) in [6.45, 7) is 2.07. The molecule has 0 saturated carbocycles. The fourth-order valence-electron chi connectivity index (χ4n) is 2.50. The molecule has 0 unspecified atom stereocenters. The standard InChI is InChI=1S/C18H18BrN5O/c1-2-16(13-8-10-15(19)11-9-13)20-17(25)12-24-22-18(21-23-24)14-6-4-3-5-7-14/h3-11,16H,2,12H2,1H3,(H,20,25)/t16-/m1/s1. The van der Waals surface area contributed by atoms with Crippen molar-refractivity contribution in [2.24, 2.45) is 0 Å². The van der Waals surface area contributed by atoms with Gasteiger partial charge in [0.2, 0.25) is 11.7 Å². The lowest BCUT2D eigenvalue weighted by Crippen LogP contribution is -2.32.